The predicted octanol–water partition coefficient (Wildman–Crippen LogP) is 3.83. The van der Waals surface area contributed by atoms with Crippen LogP contribution in [-0.2, 0) is 24.0 Å². The van der Waals surface area contributed by atoms with E-state index in [1.54, 1.807) is 14.1 Å². The second-order valence-electron chi connectivity index (χ2n) is 11.1. The van der Waals surface area contributed by atoms with Crippen LogP contribution in [0.1, 0.15) is 91.4 Å². The SMILES string of the molecule is CCCCCCCC1CC/C=C\CC(C(=O)N(C)C)C[C@H](C(=O)N(C)OC)NC(=O)[C@H](CC(C)C)NC1=O. The number of nitrogens with one attached hydrogen (secondary N) is 2. The minimum atomic E-state index is -0.974. The Balaban J connectivity index is 3.29. The van der Waals surface area contributed by atoms with Gasteiger partial charge in [-0.2, -0.15) is 0 Å². The molecule has 1 heterocycles. The lowest BCUT2D eigenvalue weighted by atomic mass is 9.91. The molecule has 0 aromatic carbocycles. The molecule has 1 rings (SSSR count). The van der Waals surface area contributed by atoms with Gasteiger partial charge in [-0.05, 0) is 44.4 Å². The van der Waals surface area contributed by atoms with Crippen molar-refractivity contribution < 1.29 is 24.0 Å². The predicted molar refractivity (Wildman–Crippen MR) is 150 cm³/mol. The highest BCUT2D eigenvalue weighted by Gasteiger charge is 2.34. The first-order valence-corrected chi connectivity index (χ1v) is 14.3. The fraction of sp³-hybridized carbons (Fsp3) is 0.793. The van der Waals surface area contributed by atoms with Crippen LogP contribution in [0.15, 0.2) is 12.2 Å². The van der Waals surface area contributed by atoms with Gasteiger partial charge in [0.1, 0.15) is 12.1 Å². The van der Waals surface area contributed by atoms with Crippen LogP contribution in [0.2, 0.25) is 0 Å². The fourth-order valence-electron chi connectivity index (χ4n) is 4.82. The highest BCUT2D eigenvalue weighted by Crippen LogP contribution is 2.21. The lowest BCUT2D eigenvalue weighted by Gasteiger charge is -2.29. The Hall–Kier alpha value is -2.42. The van der Waals surface area contributed by atoms with E-state index < -0.39 is 29.8 Å². The van der Waals surface area contributed by atoms with Crippen LogP contribution >= 0.6 is 0 Å². The summed E-state index contributed by atoms with van der Waals surface area (Å²) in [5.74, 6) is -1.61. The molecule has 0 bridgehead atoms. The second-order valence-corrected chi connectivity index (χ2v) is 11.1. The zero-order valence-corrected chi connectivity index (χ0v) is 24.8. The lowest BCUT2D eigenvalue weighted by Crippen LogP contribution is -2.55. The van der Waals surface area contributed by atoms with Crippen LogP contribution in [0.5, 0.6) is 0 Å². The molecule has 9 heteroatoms. The average Bonchev–Trinajstić information content (AvgIpc) is 2.87. The van der Waals surface area contributed by atoms with Crippen molar-refractivity contribution in [1.29, 1.82) is 0 Å². The van der Waals surface area contributed by atoms with Gasteiger partial charge in [-0.1, -0.05) is 65.0 Å². The molecule has 2 unspecified atom stereocenters. The van der Waals surface area contributed by atoms with Crippen molar-refractivity contribution in [3.05, 3.63) is 12.2 Å². The van der Waals surface area contributed by atoms with Crippen LogP contribution in [-0.4, -0.2) is 73.9 Å². The third kappa shape index (κ3) is 12.0. The van der Waals surface area contributed by atoms with Gasteiger partial charge in [0.2, 0.25) is 17.7 Å². The van der Waals surface area contributed by atoms with Crippen LogP contribution in [0.3, 0.4) is 0 Å². The molecular formula is C29H52N4O5. The maximum Gasteiger partial charge on any atom is 0.268 e. The van der Waals surface area contributed by atoms with Crippen LogP contribution in [0.25, 0.3) is 0 Å². The Bertz CT molecular complexity index is 783. The molecule has 4 amide bonds. The van der Waals surface area contributed by atoms with Crippen molar-refractivity contribution in [3.8, 4) is 0 Å². The van der Waals surface area contributed by atoms with Gasteiger partial charge in [-0.25, -0.2) is 5.06 Å². The van der Waals surface area contributed by atoms with Gasteiger partial charge >= 0.3 is 0 Å². The number of allylic oxidation sites excluding steroid dienone is 2. The zero-order chi connectivity index (χ0) is 28.7. The molecule has 0 saturated heterocycles. The highest BCUT2D eigenvalue weighted by atomic mass is 16.7. The molecule has 1 aliphatic rings. The number of hydroxylamine groups is 2. The number of nitrogens with zero attached hydrogens (tertiary/aromatic N) is 2. The summed E-state index contributed by atoms with van der Waals surface area (Å²) in [7, 11) is 6.22. The van der Waals surface area contributed by atoms with Crippen LogP contribution in [0.4, 0.5) is 0 Å². The number of likely N-dealkylation sites (N-methyl/N-ethyl adjacent to an activating group) is 1. The Morgan fingerprint density at radius 2 is 1.68 bits per heavy atom. The summed E-state index contributed by atoms with van der Waals surface area (Å²) in [6.45, 7) is 6.17. The topological polar surface area (TPSA) is 108 Å². The molecule has 0 saturated carbocycles. The zero-order valence-electron chi connectivity index (χ0n) is 24.8. The maximum absolute atomic E-state index is 13.5. The van der Waals surface area contributed by atoms with Crippen LogP contribution < -0.4 is 10.6 Å². The highest BCUT2D eigenvalue weighted by molar-refractivity contribution is 5.92. The molecule has 0 fully saturated rings. The molecule has 1 aliphatic heterocycles. The van der Waals surface area contributed by atoms with Crippen molar-refractivity contribution >= 4 is 23.6 Å². The third-order valence-electron chi connectivity index (χ3n) is 7.15. The molecular weight excluding hydrogens is 484 g/mol. The van der Waals surface area contributed by atoms with E-state index in [0.717, 1.165) is 30.7 Å². The minimum Gasteiger partial charge on any atom is -0.349 e. The van der Waals surface area contributed by atoms with Gasteiger partial charge in [0.05, 0.1) is 7.11 Å². The maximum atomic E-state index is 13.5. The normalized spacial score (nSPS) is 24.2. The third-order valence-corrected chi connectivity index (χ3v) is 7.15. The molecule has 218 valence electrons. The molecule has 0 aromatic heterocycles. The number of hydrogen-bond acceptors (Lipinski definition) is 5. The number of rotatable bonds is 11. The molecule has 0 aliphatic carbocycles. The quantitative estimate of drug-likeness (QED) is 0.237. The fourth-order valence-corrected chi connectivity index (χ4v) is 4.82. The van der Waals surface area contributed by atoms with E-state index in [0.29, 0.717) is 25.7 Å². The van der Waals surface area contributed by atoms with E-state index in [2.05, 4.69) is 17.6 Å². The number of unbranched alkanes of at least 4 members (excludes halogenated alkanes) is 4. The van der Waals surface area contributed by atoms with Gasteiger partial charge in [-0.15, -0.1) is 0 Å². The smallest absolute Gasteiger partial charge is 0.268 e. The van der Waals surface area contributed by atoms with Crippen molar-refractivity contribution in [2.75, 3.05) is 28.3 Å². The summed E-state index contributed by atoms with van der Waals surface area (Å²) >= 11 is 0. The number of carbonyl (C=O) groups excluding carboxylic acids is 4. The van der Waals surface area contributed by atoms with E-state index >= 15 is 0 Å². The monoisotopic (exact) mass is 536 g/mol. The molecule has 38 heavy (non-hydrogen) atoms. The molecule has 2 N–H and O–H groups in total. The first kappa shape index (κ1) is 33.6. The van der Waals surface area contributed by atoms with Crippen molar-refractivity contribution in [2.45, 2.75) is 103 Å². The van der Waals surface area contributed by atoms with E-state index in [-0.39, 0.29) is 30.1 Å². The van der Waals surface area contributed by atoms with Gasteiger partial charge in [0, 0.05) is 33.0 Å². The second kappa shape index (κ2) is 18.0. The van der Waals surface area contributed by atoms with Gasteiger partial charge in [0.15, 0.2) is 0 Å². The van der Waals surface area contributed by atoms with E-state index in [4.69, 9.17) is 4.84 Å². The number of hydrogen-bond donors (Lipinski definition) is 2. The molecule has 0 radical (unpaired) electrons. The minimum absolute atomic E-state index is 0.106. The van der Waals surface area contributed by atoms with E-state index in [1.165, 1.54) is 31.9 Å². The van der Waals surface area contributed by atoms with Crippen molar-refractivity contribution in [2.24, 2.45) is 17.8 Å². The average molecular weight is 537 g/mol. The van der Waals surface area contributed by atoms with Crippen molar-refractivity contribution in [1.82, 2.24) is 20.6 Å². The Morgan fingerprint density at radius 3 is 2.29 bits per heavy atom. The molecule has 0 aromatic rings. The first-order valence-electron chi connectivity index (χ1n) is 14.3. The summed E-state index contributed by atoms with van der Waals surface area (Å²) in [6.07, 6.45) is 12.8. The molecule has 0 spiro atoms. The standard InChI is InChI=1S/C29H52N4O5/c1-8-9-10-11-13-16-22-17-14-12-15-18-23(28(36)32(4)5)20-25(29(37)33(6)38-7)31-27(35)24(19-21(2)3)30-26(22)34/h12,15,21-25H,8-11,13-14,16-20H2,1-7H3,(H,30,34)(H,31,35)/b15-12-/t22?,23?,24-,25+/m0/s1. The van der Waals surface area contributed by atoms with Gasteiger partial charge in [-0.3, -0.25) is 24.0 Å². The summed E-state index contributed by atoms with van der Waals surface area (Å²) in [5, 5.41) is 6.91. The summed E-state index contributed by atoms with van der Waals surface area (Å²) in [4.78, 5) is 59.6. The molecule has 4 atom stereocenters. The van der Waals surface area contributed by atoms with E-state index in [9.17, 15) is 19.2 Å². The largest absolute Gasteiger partial charge is 0.349 e. The summed E-state index contributed by atoms with van der Waals surface area (Å²) < 4.78 is 0. The number of amides is 4. The van der Waals surface area contributed by atoms with E-state index in [1.807, 2.05) is 26.0 Å². The van der Waals surface area contributed by atoms with Crippen molar-refractivity contribution in [3.63, 3.8) is 0 Å². The van der Waals surface area contributed by atoms with Crippen LogP contribution in [0, 0.1) is 17.8 Å². The Morgan fingerprint density at radius 1 is 1.00 bits per heavy atom. The van der Waals surface area contributed by atoms with Gasteiger partial charge < -0.3 is 15.5 Å². The first-order chi connectivity index (χ1) is 18.0. The Kier molecular flexibility index (Phi) is 15.9. The molecule has 9 nitrogen and oxygen atoms in total. The number of carbonyl (C=O) groups is 4. The lowest BCUT2D eigenvalue weighted by molar-refractivity contribution is -0.172. The summed E-state index contributed by atoms with van der Waals surface area (Å²) in [5.41, 5.74) is 0. The summed E-state index contributed by atoms with van der Waals surface area (Å²) in [6, 6.07) is -1.74. The van der Waals surface area contributed by atoms with Gasteiger partial charge in [0.25, 0.3) is 5.91 Å². The Labute approximate surface area is 230 Å².